The van der Waals surface area contributed by atoms with Gasteiger partial charge >= 0.3 is 0 Å². The van der Waals surface area contributed by atoms with Crippen molar-refractivity contribution < 1.29 is 9.21 Å². The minimum absolute atomic E-state index is 0.00906. The van der Waals surface area contributed by atoms with E-state index in [1.165, 1.54) is 0 Å². The Kier molecular flexibility index (Phi) is 5.75. The summed E-state index contributed by atoms with van der Waals surface area (Å²) in [5, 5.41) is 0.835. The zero-order valence-electron chi connectivity index (χ0n) is 18.3. The van der Waals surface area contributed by atoms with Crippen molar-refractivity contribution in [1.82, 2.24) is 0 Å². The third-order valence-electron chi connectivity index (χ3n) is 5.49. The lowest BCUT2D eigenvalue weighted by molar-refractivity contribution is 0.101. The number of Topliss-reactive ketones (excluding diaryl/α,β-unsaturated/α-hetero) is 1. The monoisotopic (exact) mass is 440 g/mol. The highest BCUT2D eigenvalue weighted by Gasteiger charge is 2.18. The molecule has 5 rings (SSSR count). The van der Waals surface area contributed by atoms with E-state index in [1.54, 1.807) is 18.2 Å². The van der Waals surface area contributed by atoms with Crippen LogP contribution in [0, 0.1) is 6.57 Å². The Labute approximate surface area is 197 Å². The molecule has 0 aliphatic rings. The highest BCUT2D eigenvalue weighted by atomic mass is 16.3. The van der Waals surface area contributed by atoms with E-state index in [0.29, 0.717) is 5.58 Å². The molecular formula is C30H20N2O2. The van der Waals surface area contributed by atoms with Crippen LogP contribution in [0.3, 0.4) is 0 Å². The van der Waals surface area contributed by atoms with Crippen LogP contribution in [0.15, 0.2) is 125 Å². The third kappa shape index (κ3) is 4.23. The van der Waals surface area contributed by atoms with Crippen LogP contribution >= 0.6 is 0 Å². The maximum Gasteiger partial charge on any atom is 0.237 e. The van der Waals surface area contributed by atoms with Gasteiger partial charge in [-0.1, -0.05) is 66.7 Å². The van der Waals surface area contributed by atoms with Crippen molar-refractivity contribution in [1.29, 1.82) is 0 Å². The summed E-state index contributed by atoms with van der Waals surface area (Å²) < 4.78 is 5.66. The van der Waals surface area contributed by atoms with Crippen LogP contribution in [0.1, 0.15) is 16.1 Å². The molecule has 1 aromatic heterocycles. The summed E-state index contributed by atoms with van der Waals surface area (Å²) >= 11 is 0. The highest BCUT2D eigenvalue weighted by molar-refractivity contribution is 6.12. The summed E-state index contributed by atoms with van der Waals surface area (Å²) in [6.07, 6.45) is 1.60. The van der Waals surface area contributed by atoms with Gasteiger partial charge in [0.05, 0.1) is 6.57 Å². The topological polar surface area (TPSA) is 37.8 Å². The van der Waals surface area contributed by atoms with Crippen molar-refractivity contribution in [2.45, 2.75) is 0 Å². The van der Waals surface area contributed by atoms with Gasteiger partial charge < -0.3 is 9.32 Å². The first-order valence-corrected chi connectivity index (χ1v) is 10.9. The zero-order chi connectivity index (χ0) is 23.3. The first kappa shape index (κ1) is 21.0. The number of hydrogen-bond acceptors (Lipinski definition) is 3. The number of carbonyl (C=O) groups is 1. The van der Waals surface area contributed by atoms with Crippen molar-refractivity contribution >= 4 is 39.9 Å². The van der Waals surface area contributed by atoms with Crippen molar-refractivity contribution in [3.8, 4) is 0 Å². The lowest BCUT2D eigenvalue weighted by Crippen LogP contribution is -2.09. The normalized spacial score (nSPS) is 11.2. The maximum atomic E-state index is 12.9. The molecule has 4 heteroatoms. The van der Waals surface area contributed by atoms with Crippen LogP contribution in [-0.2, 0) is 0 Å². The first-order valence-electron chi connectivity index (χ1n) is 10.9. The fourth-order valence-corrected chi connectivity index (χ4v) is 3.85. The molecule has 0 atom stereocenters. The number of fused-ring (bicyclic) bond motifs is 1. The van der Waals surface area contributed by atoms with E-state index in [9.17, 15) is 4.79 Å². The van der Waals surface area contributed by atoms with Gasteiger partial charge in [0, 0.05) is 22.4 Å². The number of nitrogens with zero attached hydrogens (tertiary/aromatic N) is 2. The molecule has 5 aromatic rings. The Bertz CT molecular complexity index is 1440. The van der Waals surface area contributed by atoms with Gasteiger partial charge in [-0.25, -0.2) is 4.85 Å². The van der Waals surface area contributed by atoms with Gasteiger partial charge in [0.1, 0.15) is 5.58 Å². The molecule has 0 unspecified atom stereocenters. The van der Waals surface area contributed by atoms with Crippen molar-refractivity contribution in [2.24, 2.45) is 0 Å². The van der Waals surface area contributed by atoms with Crippen molar-refractivity contribution in [3.63, 3.8) is 0 Å². The predicted octanol–water partition coefficient (Wildman–Crippen LogP) is 8.05. The molecule has 0 saturated carbocycles. The maximum absolute atomic E-state index is 12.9. The van der Waals surface area contributed by atoms with Gasteiger partial charge in [-0.15, -0.1) is 0 Å². The second-order valence-corrected chi connectivity index (χ2v) is 7.72. The van der Waals surface area contributed by atoms with Gasteiger partial charge in [-0.05, 0) is 60.2 Å². The summed E-state index contributed by atoms with van der Waals surface area (Å²) in [5.74, 6) is -0.259. The van der Waals surface area contributed by atoms with Crippen LogP contribution in [-0.4, -0.2) is 5.78 Å². The summed E-state index contributed by atoms with van der Waals surface area (Å²) in [6, 6.07) is 37.1. The third-order valence-corrected chi connectivity index (χ3v) is 5.49. The quantitative estimate of drug-likeness (QED) is 0.152. The van der Waals surface area contributed by atoms with Crippen LogP contribution in [0.25, 0.3) is 21.9 Å². The Balaban J connectivity index is 1.46. The average molecular weight is 441 g/mol. The van der Waals surface area contributed by atoms with Gasteiger partial charge in [0.15, 0.2) is 5.76 Å². The van der Waals surface area contributed by atoms with Crippen LogP contribution in [0.5, 0.6) is 0 Å². The molecule has 34 heavy (non-hydrogen) atoms. The Morgan fingerprint density at radius 3 is 1.88 bits per heavy atom. The van der Waals surface area contributed by atoms with Gasteiger partial charge in [0.25, 0.3) is 0 Å². The average Bonchev–Trinajstić information content (AvgIpc) is 3.34. The number of para-hydroxylation sites is 3. The van der Waals surface area contributed by atoms with Crippen molar-refractivity contribution in [3.05, 3.63) is 144 Å². The number of carbonyl (C=O) groups excluding carboxylic acids is 1. The van der Waals surface area contributed by atoms with E-state index in [0.717, 1.165) is 28.0 Å². The molecule has 0 saturated heterocycles. The molecule has 0 aliphatic heterocycles. The summed E-state index contributed by atoms with van der Waals surface area (Å²) in [5.41, 5.74) is 4.46. The molecular weight excluding hydrogens is 420 g/mol. The van der Waals surface area contributed by atoms with Gasteiger partial charge in [0.2, 0.25) is 11.5 Å². The van der Waals surface area contributed by atoms with Gasteiger partial charge in [-0.3, -0.25) is 4.79 Å². The fourth-order valence-electron chi connectivity index (χ4n) is 3.85. The molecule has 1 heterocycles. The fraction of sp³-hybridized carbons (Fsp3) is 0. The second-order valence-electron chi connectivity index (χ2n) is 7.72. The largest absolute Gasteiger partial charge is 0.454 e. The number of anilines is 3. The molecule has 4 nitrogen and oxygen atoms in total. The van der Waals surface area contributed by atoms with E-state index in [2.05, 4.69) is 34.0 Å². The molecule has 0 radical (unpaired) electrons. The van der Waals surface area contributed by atoms with Crippen LogP contribution < -0.4 is 4.90 Å². The zero-order valence-corrected chi connectivity index (χ0v) is 18.3. The number of benzene rings is 4. The second kappa shape index (κ2) is 9.32. The standard InChI is InChI=1S/C30H20N2O2/c1-31-27(30(33)29-21-23-10-8-9-15-28(23)34-29)20-22-16-18-26(19-17-22)32(24-11-4-2-5-12-24)25-13-6-3-7-14-25/h2-21H. The molecule has 162 valence electrons. The first-order chi connectivity index (χ1) is 16.7. The molecule has 0 amide bonds. The number of furan rings is 1. The summed E-state index contributed by atoms with van der Waals surface area (Å²) in [6.45, 7) is 7.54. The number of ketones is 1. The Morgan fingerprint density at radius 1 is 0.735 bits per heavy atom. The van der Waals surface area contributed by atoms with E-state index in [-0.39, 0.29) is 11.5 Å². The Morgan fingerprint density at radius 2 is 1.29 bits per heavy atom. The smallest absolute Gasteiger partial charge is 0.237 e. The van der Waals surface area contributed by atoms with Crippen molar-refractivity contribution in [2.75, 3.05) is 4.90 Å². The lowest BCUT2D eigenvalue weighted by atomic mass is 10.1. The summed E-state index contributed by atoms with van der Waals surface area (Å²) in [4.78, 5) is 18.5. The predicted molar refractivity (Wildman–Crippen MR) is 136 cm³/mol. The molecule has 4 aromatic carbocycles. The van der Waals surface area contributed by atoms with E-state index in [1.807, 2.05) is 78.9 Å². The number of allylic oxidation sites excluding steroid dienone is 1. The molecule has 0 bridgehead atoms. The van der Waals surface area contributed by atoms with Gasteiger partial charge in [-0.2, -0.15) is 0 Å². The molecule has 0 fully saturated rings. The minimum Gasteiger partial charge on any atom is -0.454 e. The SMILES string of the molecule is [C-]#[N+]C(=Cc1ccc(N(c2ccccc2)c2ccccc2)cc1)C(=O)c1cc2ccccc2o1. The van der Waals surface area contributed by atoms with E-state index < -0.39 is 5.78 Å². The highest BCUT2D eigenvalue weighted by Crippen LogP contribution is 2.34. The number of hydrogen-bond donors (Lipinski definition) is 0. The van der Waals surface area contributed by atoms with Crippen LogP contribution in [0.2, 0.25) is 0 Å². The lowest BCUT2D eigenvalue weighted by Gasteiger charge is -2.25. The molecule has 0 N–H and O–H groups in total. The summed E-state index contributed by atoms with van der Waals surface area (Å²) in [7, 11) is 0. The molecule has 0 spiro atoms. The van der Waals surface area contributed by atoms with E-state index in [4.69, 9.17) is 11.0 Å². The van der Waals surface area contributed by atoms with E-state index >= 15 is 0 Å². The Hall–Kier alpha value is -4.88. The number of rotatable bonds is 6. The minimum atomic E-state index is -0.425. The molecule has 0 aliphatic carbocycles. The van der Waals surface area contributed by atoms with Crippen LogP contribution in [0.4, 0.5) is 17.1 Å².